The third kappa shape index (κ3) is 3.79. The lowest BCUT2D eigenvalue weighted by Gasteiger charge is -2.07. The second-order valence-electron chi connectivity index (χ2n) is 4.27. The number of carboxylic acid groups (broad SMARTS) is 1. The summed E-state index contributed by atoms with van der Waals surface area (Å²) < 4.78 is 5.10. The standard InChI is InChI=1S/C15H14N2O4/c1-21-12-4-2-3-10(7-12)9-17-14(18)11-5-6-16-13(8-11)15(19)20/h2-8H,9H2,1H3,(H,17,18)(H,19,20). The van der Waals surface area contributed by atoms with Crippen LogP contribution >= 0.6 is 0 Å². The second-order valence-corrected chi connectivity index (χ2v) is 4.27. The lowest BCUT2D eigenvalue weighted by Crippen LogP contribution is -2.23. The quantitative estimate of drug-likeness (QED) is 0.873. The number of nitrogens with zero attached hydrogens (tertiary/aromatic N) is 1. The van der Waals surface area contributed by atoms with Crippen LogP contribution in [0.25, 0.3) is 0 Å². The number of aromatic carboxylic acids is 1. The minimum absolute atomic E-state index is 0.163. The Morgan fingerprint density at radius 3 is 2.81 bits per heavy atom. The summed E-state index contributed by atoms with van der Waals surface area (Å²) in [6.45, 7) is 0.320. The van der Waals surface area contributed by atoms with Crippen molar-refractivity contribution >= 4 is 11.9 Å². The Morgan fingerprint density at radius 1 is 1.29 bits per heavy atom. The fraction of sp³-hybridized carbons (Fsp3) is 0.133. The number of rotatable bonds is 5. The van der Waals surface area contributed by atoms with Crippen molar-refractivity contribution in [2.75, 3.05) is 7.11 Å². The zero-order valence-corrected chi connectivity index (χ0v) is 11.4. The molecule has 0 aliphatic rings. The Kier molecular flexibility index (Phi) is 4.50. The molecule has 0 atom stereocenters. The van der Waals surface area contributed by atoms with E-state index in [9.17, 15) is 9.59 Å². The number of benzene rings is 1. The molecule has 0 spiro atoms. The highest BCUT2D eigenvalue weighted by Gasteiger charge is 2.10. The van der Waals surface area contributed by atoms with Gasteiger partial charge in [0.2, 0.25) is 0 Å². The molecule has 2 N–H and O–H groups in total. The minimum Gasteiger partial charge on any atom is -0.497 e. The summed E-state index contributed by atoms with van der Waals surface area (Å²) >= 11 is 0. The molecule has 6 nitrogen and oxygen atoms in total. The van der Waals surface area contributed by atoms with Gasteiger partial charge in [-0.3, -0.25) is 4.79 Å². The summed E-state index contributed by atoms with van der Waals surface area (Å²) in [5.41, 5.74) is 0.976. The summed E-state index contributed by atoms with van der Waals surface area (Å²) in [6, 6.07) is 10.0. The molecule has 1 heterocycles. The largest absolute Gasteiger partial charge is 0.497 e. The number of pyridine rings is 1. The van der Waals surface area contributed by atoms with Crippen molar-refractivity contribution in [3.8, 4) is 5.75 Å². The molecule has 1 amide bonds. The van der Waals surface area contributed by atoms with Gasteiger partial charge in [-0.15, -0.1) is 0 Å². The highest BCUT2D eigenvalue weighted by molar-refractivity contribution is 5.96. The fourth-order valence-electron chi connectivity index (χ4n) is 1.76. The van der Waals surface area contributed by atoms with E-state index in [4.69, 9.17) is 9.84 Å². The lowest BCUT2D eigenvalue weighted by atomic mass is 10.2. The summed E-state index contributed by atoms with van der Waals surface area (Å²) in [5, 5.41) is 11.6. The van der Waals surface area contributed by atoms with Crippen molar-refractivity contribution in [2.24, 2.45) is 0 Å². The maximum Gasteiger partial charge on any atom is 0.354 e. The highest BCUT2D eigenvalue weighted by atomic mass is 16.5. The predicted molar refractivity (Wildman–Crippen MR) is 75.4 cm³/mol. The van der Waals surface area contributed by atoms with E-state index in [1.807, 2.05) is 24.3 Å². The Morgan fingerprint density at radius 2 is 2.10 bits per heavy atom. The first kappa shape index (κ1) is 14.5. The summed E-state index contributed by atoms with van der Waals surface area (Å²) in [7, 11) is 1.57. The van der Waals surface area contributed by atoms with E-state index in [2.05, 4.69) is 10.3 Å². The molecular weight excluding hydrogens is 272 g/mol. The Hall–Kier alpha value is -2.89. The van der Waals surface area contributed by atoms with Gasteiger partial charge in [0.15, 0.2) is 0 Å². The maximum absolute atomic E-state index is 12.0. The van der Waals surface area contributed by atoms with E-state index in [-0.39, 0.29) is 17.2 Å². The van der Waals surface area contributed by atoms with Gasteiger partial charge in [0, 0.05) is 18.3 Å². The van der Waals surface area contributed by atoms with Gasteiger partial charge in [0.1, 0.15) is 11.4 Å². The summed E-state index contributed by atoms with van der Waals surface area (Å²) in [6.07, 6.45) is 1.30. The molecule has 21 heavy (non-hydrogen) atoms. The average molecular weight is 286 g/mol. The topological polar surface area (TPSA) is 88.5 Å². The molecule has 0 fully saturated rings. The van der Waals surface area contributed by atoms with Gasteiger partial charge in [-0.2, -0.15) is 0 Å². The zero-order valence-electron chi connectivity index (χ0n) is 11.4. The Labute approximate surface area is 121 Å². The van der Waals surface area contributed by atoms with Crippen LogP contribution in [-0.4, -0.2) is 29.1 Å². The van der Waals surface area contributed by atoms with E-state index in [1.54, 1.807) is 7.11 Å². The molecule has 0 aliphatic carbocycles. The molecule has 6 heteroatoms. The van der Waals surface area contributed by atoms with Crippen molar-refractivity contribution in [3.05, 3.63) is 59.4 Å². The van der Waals surface area contributed by atoms with Crippen LogP contribution < -0.4 is 10.1 Å². The van der Waals surface area contributed by atoms with Crippen molar-refractivity contribution < 1.29 is 19.4 Å². The average Bonchev–Trinajstić information content (AvgIpc) is 2.53. The maximum atomic E-state index is 12.0. The van der Waals surface area contributed by atoms with Gasteiger partial charge >= 0.3 is 5.97 Å². The molecule has 0 saturated heterocycles. The highest BCUT2D eigenvalue weighted by Crippen LogP contribution is 2.12. The second kappa shape index (κ2) is 6.51. The molecule has 0 radical (unpaired) electrons. The molecule has 1 aromatic carbocycles. The normalized spacial score (nSPS) is 9.95. The first-order valence-corrected chi connectivity index (χ1v) is 6.20. The smallest absolute Gasteiger partial charge is 0.354 e. The van der Waals surface area contributed by atoms with Crippen LogP contribution in [0.15, 0.2) is 42.6 Å². The first-order valence-electron chi connectivity index (χ1n) is 6.20. The van der Waals surface area contributed by atoms with Crippen molar-refractivity contribution in [3.63, 3.8) is 0 Å². The van der Waals surface area contributed by atoms with Crippen molar-refractivity contribution in [2.45, 2.75) is 6.54 Å². The van der Waals surface area contributed by atoms with Gasteiger partial charge in [0.05, 0.1) is 7.11 Å². The minimum atomic E-state index is -1.17. The number of hydrogen-bond acceptors (Lipinski definition) is 4. The molecule has 0 saturated carbocycles. The van der Waals surface area contributed by atoms with Gasteiger partial charge in [-0.05, 0) is 29.8 Å². The Balaban J connectivity index is 2.04. The lowest BCUT2D eigenvalue weighted by molar-refractivity contribution is 0.0690. The number of aromatic nitrogens is 1. The molecule has 2 rings (SSSR count). The molecular formula is C15H14N2O4. The van der Waals surface area contributed by atoms with E-state index in [0.29, 0.717) is 12.3 Å². The third-order valence-corrected chi connectivity index (χ3v) is 2.83. The van der Waals surface area contributed by atoms with Crippen LogP contribution in [0, 0.1) is 0 Å². The summed E-state index contributed by atoms with van der Waals surface area (Å²) in [5.74, 6) is -0.820. The first-order chi connectivity index (χ1) is 10.1. The van der Waals surface area contributed by atoms with E-state index >= 15 is 0 Å². The van der Waals surface area contributed by atoms with Crippen LogP contribution in [-0.2, 0) is 6.54 Å². The van der Waals surface area contributed by atoms with E-state index < -0.39 is 5.97 Å². The molecule has 0 aliphatic heterocycles. The fourth-order valence-corrected chi connectivity index (χ4v) is 1.76. The molecule has 0 bridgehead atoms. The van der Waals surface area contributed by atoms with Crippen LogP contribution in [0.4, 0.5) is 0 Å². The molecule has 0 unspecified atom stereocenters. The third-order valence-electron chi connectivity index (χ3n) is 2.83. The number of amides is 1. The van der Waals surface area contributed by atoms with Gasteiger partial charge in [-0.1, -0.05) is 12.1 Å². The summed E-state index contributed by atoms with van der Waals surface area (Å²) in [4.78, 5) is 26.5. The molecule has 108 valence electrons. The number of ether oxygens (including phenoxy) is 1. The number of nitrogens with one attached hydrogen (secondary N) is 1. The van der Waals surface area contributed by atoms with Crippen LogP contribution in [0.1, 0.15) is 26.4 Å². The SMILES string of the molecule is COc1cccc(CNC(=O)c2ccnc(C(=O)O)c2)c1. The van der Waals surface area contributed by atoms with Crippen LogP contribution in [0.5, 0.6) is 5.75 Å². The molecule has 1 aromatic heterocycles. The van der Waals surface area contributed by atoms with E-state index in [1.165, 1.54) is 18.3 Å². The molecule has 2 aromatic rings. The van der Waals surface area contributed by atoms with Crippen molar-refractivity contribution in [1.82, 2.24) is 10.3 Å². The Bertz CT molecular complexity index is 670. The van der Waals surface area contributed by atoms with E-state index in [0.717, 1.165) is 5.56 Å². The number of carbonyl (C=O) groups excluding carboxylic acids is 1. The number of methoxy groups -OCH3 is 1. The van der Waals surface area contributed by atoms with Gasteiger partial charge in [-0.25, -0.2) is 9.78 Å². The van der Waals surface area contributed by atoms with Crippen LogP contribution in [0.2, 0.25) is 0 Å². The predicted octanol–water partition coefficient (Wildman–Crippen LogP) is 1.72. The van der Waals surface area contributed by atoms with Gasteiger partial charge in [0.25, 0.3) is 5.91 Å². The van der Waals surface area contributed by atoms with Crippen molar-refractivity contribution in [1.29, 1.82) is 0 Å². The number of hydrogen-bond donors (Lipinski definition) is 2. The zero-order chi connectivity index (χ0) is 15.2. The number of carboxylic acids is 1. The monoisotopic (exact) mass is 286 g/mol. The van der Waals surface area contributed by atoms with Crippen LogP contribution in [0.3, 0.4) is 0 Å². The number of carbonyl (C=O) groups is 2. The van der Waals surface area contributed by atoms with Gasteiger partial charge < -0.3 is 15.2 Å².